The molecule has 9 nitrogen and oxygen atoms in total. The van der Waals surface area contributed by atoms with Crippen LogP contribution in [0, 0.1) is 17.2 Å². The number of nitriles is 1. The van der Waals surface area contributed by atoms with Crippen LogP contribution in [0.25, 0.3) is 10.9 Å². The number of rotatable bonds is 7. The van der Waals surface area contributed by atoms with E-state index in [1.165, 1.54) is 0 Å². The fourth-order valence-corrected chi connectivity index (χ4v) is 5.56. The minimum Gasteiger partial charge on any atom is -0.496 e. The van der Waals surface area contributed by atoms with E-state index in [4.69, 9.17) is 16.3 Å². The first kappa shape index (κ1) is 25.1. The number of H-pyrrole nitrogens is 1. The van der Waals surface area contributed by atoms with Crippen molar-refractivity contribution in [1.82, 2.24) is 20.5 Å². The van der Waals surface area contributed by atoms with Crippen molar-refractivity contribution in [1.29, 1.82) is 5.26 Å². The number of fused-ring (bicyclic) bond motifs is 2. The summed E-state index contributed by atoms with van der Waals surface area (Å²) in [5.41, 5.74) is 2.96. The largest absolute Gasteiger partial charge is 0.496 e. The van der Waals surface area contributed by atoms with Crippen LogP contribution in [0.5, 0.6) is 5.75 Å². The van der Waals surface area contributed by atoms with E-state index in [1.807, 2.05) is 30.3 Å². The van der Waals surface area contributed by atoms with E-state index in [2.05, 4.69) is 21.7 Å². The van der Waals surface area contributed by atoms with Crippen LogP contribution in [-0.4, -0.2) is 53.0 Å². The number of halogens is 1. The molecule has 1 unspecified atom stereocenters. The number of aromatic nitrogens is 1. The molecule has 2 aromatic carbocycles. The molecule has 10 heteroatoms. The molecule has 1 fully saturated rings. The lowest BCUT2D eigenvalue weighted by molar-refractivity contribution is -0.134. The van der Waals surface area contributed by atoms with Crippen LogP contribution >= 0.6 is 11.6 Å². The Morgan fingerprint density at radius 1 is 1.35 bits per heavy atom. The second kappa shape index (κ2) is 10.4. The maximum Gasteiger partial charge on any atom is 0.243 e. The first-order valence-corrected chi connectivity index (χ1v) is 12.6. The fourth-order valence-electron chi connectivity index (χ4n) is 5.36. The van der Waals surface area contributed by atoms with E-state index in [-0.39, 0.29) is 18.2 Å². The topological polar surface area (TPSA) is 130 Å². The van der Waals surface area contributed by atoms with E-state index in [9.17, 15) is 20.0 Å². The van der Waals surface area contributed by atoms with E-state index in [0.717, 1.165) is 22.0 Å². The van der Waals surface area contributed by atoms with Gasteiger partial charge in [0.05, 0.1) is 18.9 Å². The van der Waals surface area contributed by atoms with Crippen molar-refractivity contribution in [2.24, 2.45) is 5.92 Å². The summed E-state index contributed by atoms with van der Waals surface area (Å²) in [4.78, 5) is 30.7. The Labute approximate surface area is 219 Å². The zero-order valence-corrected chi connectivity index (χ0v) is 21.1. The van der Waals surface area contributed by atoms with Gasteiger partial charge in [-0.15, -0.1) is 0 Å². The van der Waals surface area contributed by atoms with E-state index in [1.54, 1.807) is 24.1 Å². The van der Waals surface area contributed by atoms with Crippen molar-refractivity contribution in [2.75, 3.05) is 20.2 Å². The van der Waals surface area contributed by atoms with E-state index < -0.39 is 24.2 Å². The van der Waals surface area contributed by atoms with Gasteiger partial charge in [-0.05, 0) is 60.7 Å². The number of carbonyl (C=O) groups excluding carboxylic acids is 2. The number of amides is 2. The number of aliphatic hydroxyl groups is 1. The molecule has 1 saturated heterocycles. The summed E-state index contributed by atoms with van der Waals surface area (Å²) < 4.78 is 5.45. The molecule has 37 heavy (non-hydrogen) atoms. The number of methoxy groups -OCH3 is 1. The Hall–Kier alpha value is -3.58. The van der Waals surface area contributed by atoms with Crippen LogP contribution in [0.2, 0.25) is 5.02 Å². The molecule has 0 bridgehead atoms. The van der Waals surface area contributed by atoms with Gasteiger partial charge in [0.25, 0.3) is 0 Å². The number of nitrogens with zero attached hydrogens (tertiary/aromatic N) is 2. The van der Waals surface area contributed by atoms with E-state index >= 15 is 0 Å². The molecule has 0 radical (unpaired) electrons. The van der Waals surface area contributed by atoms with Crippen molar-refractivity contribution < 1.29 is 19.4 Å². The highest BCUT2D eigenvalue weighted by atomic mass is 35.5. The van der Waals surface area contributed by atoms with Gasteiger partial charge in [-0.3, -0.25) is 14.5 Å². The second-order valence-electron chi connectivity index (χ2n) is 9.46. The minimum atomic E-state index is -1.13. The predicted molar refractivity (Wildman–Crippen MR) is 138 cm³/mol. The number of aliphatic hydroxyl groups excluding tert-OH is 1. The highest BCUT2D eigenvalue weighted by molar-refractivity contribution is 6.30. The monoisotopic (exact) mass is 521 g/mol. The summed E-state index contributed by atoms with van der Waals surface area (Å²) in [6, 6.07) is 13.2. The molecule has 2 aliphatic rings. The lowest BCUT2D eigenvalue weighted by atomic mass is 9.91. The van der Waals surface area contributed by atoms with Gasteiger partial charge in [-0.25, -0.2) is 0 Å². The number of hydrogen-bond donors (Lipinski definition) is 4. The summed E-state index contributed by atoms with van der Waals surface area (Å²) in [6.07, 6.45) is 0.327. The quantitative estimate of drug-likeness (QED) is 0.378. The van der Waals surface area contributed by atoms with Gasteiger partial charge in [0.15, 0.2) is 0 Å². The van der Waals surface area contributed by atoms with E-state index in [0.29, 0.717) is 42.4 Å². The third-order valence-electron chi connectivity index (χ3n) is 7.23. The van der Waals surface area contributed by atoms with Gasteiger partial charge >= 0.3 is 0 Å². The molecule has 3 heterocycles. The Morgan fingerprint density at radius 3 is 2.92 bits per heavy atom. The summed E-state index contributed by atoms with van der Waals surface area (Å²) in [7, 11) is 1.59. The van der Waals surface area contributed by atoms with Crippen LogP contribution in [0.4, 0.5) is 0 Å². The molecule has 1 aromatic heterocycles. The summed E-state index contributed by atoms with van der Waals surface area (Å²) in [6.45, 7) is 0.961. The highest BCUT2D eigenvalue weighted by Gasteiger charge is 2.39. The Kier molecular flexibility index (Phi) is 7.07. The second-order valence-corrected chi connectivity index (χ2v) is 9.89. The SMILES string of the molecule is COc1cccc2[nH]c(C(O)N3CCc4cc(Cl)ccc4[C@@H]3C(=O)N[C@H](C#N)C[C@@H]3CCNC3=O)cc12. The molecule has 2 aliphatic heterocycles. The Bertz CT molecular complexity index is 1380. The number of nitrogens with one attached hydrogen (secondary N) is 3. The fraction of sp³-hybridized carbons (Fsp3) is 0.370. The summed E-state index contributed by atoms with van der Waals surface area (Å²) in [5, 5.41) is 28.2. The molecule has 192 valence electrons. The zero-order valence-electron chi connectivity index (χ0n) is 20.3. The standard InChI is InChI=1S/C27H28ClN5O4/c1-37-23-4-2-3-21-20(23)13-22(32-21)27(36)33-10-8-15-11-17(28)5-6-19(15)24(33)26(35)31-18(14-29)12-16-7-9-30-25(16)34/h2-6,11,13,16,18,24,27,32,36H,7-10,12H2,1H3,(H,30,34)(H,31,35)/t16-,18-,24+,27?/m0/s1. The lowest BCUT2D eigenvalue weighted by Gasteiger charge is -2.39. The molecular formula is C27H28ClN5O4. The van der Waals surface area contributed by atoms with Crippen molar-refractivity contribution in [2.45, 2.75) is 37.6 Å². The van der Waals surface area contributed by atoms with Gasteiger partial charge in [-0.1, -0.05) is 23.7 Å². The summed E-state index contributed by atoms with van der Waals surface area (Å²) >= 11 is 6.23. The van der Waals surface area contributed by atoms with Crippen molar-refractivity contribution >= 4 is 34.3 Å². The first-order chi connectivity index (χ1) is 17.9. The van der Waals surface area contributed by atoms with Crippen LogP contribution < -0.4 is 15.4 Å². The maximum atomic E-state index is 13.7. The molecule has 5 rings (SSSR count). The first-order valence-electron chi connectivity index (χ1n) is 12.2. The molecule has 3 aromatic rings. The number of aromatic amines is 1. The van der Waals surface area contributed by atoms with Gasteiger partial charge in [0.2, 0.25) is 11.8 Å². The molecule has 4 N–H and O–H groups in total. The lowest BCUT2D eigenvalue weighted by Crippen LogP contribution is -2.48. The Balaban J connectivity index is 1.46. The minimum absolute atomic E-state index is 0.0987. The van der Waals surface area contributed by atoms with Gasteiger partial charge in [-0.2, -0.15) is 5.26 Å². The van der Waals surface area contributed by atoms with Crippen molar-refractivity contribution in [3.8, 4) is 11.8 Å². The van der Waals surface area contributed by atoms with Crippen molar-refractivity contribution in [3.63, 3.8) is 0 Å². The third kappa shape index (κ3) is 4.88. The summed E-state index contributed by atoms with van der Waals surface area (Å²) in [5.74, 6) is -0.155. The smallest absolute Gasteiger partial charge is 0.243 e. The predicted octanol–water partition coefficient (Wildman–Crippen LogP) is 2.95. The van der Waals surface area contributed by atoms with Crippen LogP contribution in [-0.2, 0) is 16.0 Å². The molecule has 0 saturated carbocycles. The normalized spacial score (nSPS) is 21.1. The molecule has 2 amide bonds. The van der Waals surface area contributed by atoms with Crippen LogP contribution in [0.1, 0.15) is 41.9 Å². The maximum absolute atomic E-state index is 13.7. The third-order valence-corrected chi connectivity index (χ3v) is 7.47. The average molecular weight is 522 g/mol. The number of carbonyl (C=O) groups is 2. The van der Waals surface area contributed by atoms with Crippen molar-refractivity contribution in [3.05, 3.63) is 64.3 Å². The highest BCUT2D eigenvalue weighted by Crippen LogP contribution is 2.38. The molecule has 0 aliphatic carbocycles. The number of ether oxygens (including phenoxy) is 1. The number of benzene rings is 2. The van der Waals surface area contributed by atoms with Crippen LogP contribution in [0.3, 0.4) is 0 Å². The van der Waals surface area contributed by atoms with Gasteiger partial charge in [0.1, 0.15) is 24.1 Å². The van der Waals surface area contributed by atoms with Gasteiger partial charge < -0.3 is 25.5 Å². The molecular weight excluding hydrogens is 494 g/mol. The number of hydrogen-bond acceptors (Lipinski definition) is 6. The molecule has 4 atom stereocenters. The van der Waals surface area contributed by atoms with Crippen LogP contribution in [0.15, 0.2) is 42.5 Å². The Morgan fingerprint density at radius 2 is 2.19 bits per heavy atom. The average Bonchev–Trinajstić information content (AvgIpc) is 3.52. The van der Waals surface area contributed by atoms with Gasteiger partial charge in [0, 0.05) is 34.9 Å². The molecule has 0 spiro atoms. The zero-order chi connectivity index (χ0) is 26.1.